The fraction of sp³-hybridized carbons (Fsp3) is 0.143. The Kier molecular flexibility index (Phi) is 4.28. The highest BCUT2D eigenvalue weighted by atomic mass is 16.2. The predicted octanol–water partition coefficient (Wildman–Crippen LogP) is 3.56. The molecule has 0 fully saturated rings. The molecule has 3 N–H and O–H groups in total. The van der Waals surface area contributed by atoms with Crippen LogP contribution in [-0.4, -0.2) is 32.7 Å². The second-order valence-corrected chi connectivity index (χ2v) is 6.89. The van der Waals surface area contributed by atoms with Crippen molar-refractivity contribution in [3.63, 3.8) is 0 Å². The molecule has 8 heteroatoms. The van der Waals surface area contributed by atoms with Gasteiger partial charge in [0.25, 0.3) is 0 Å². The van der Waals surface area contributed by atoms with Crippen molar-refractivity contribution < 1.29 is 4.79 Å². The van der Waals surface area contributed by atoms with Crippen molar-refractivity contribution in [1.82, 2.24) is 20.2 Å². The number of rotatable bonds is 3. The summed E-state index contributed by atoms with van der Waals surface area (Å²) in [6, 6.07) is 15.2. The molecule has 2 aromatic heterocycles. The van der Waals surface area contributed by atoms with Crippen molar-refractivity contribution in [2.45, 2.75) is 13.0 Å². The lowest BCUT2D eigenvalue weighted by molar-refractivity contribution is 0.262. The summed E-state index contributed by atoms with van der Waals surface area (Å²) in [6.45, 7) is 1.51. The second kappa shape index (κ2) is 7.23. The molecule has 0 unspecified atom stereocenters. The van der Waals surface area contributed by atoms with Crippen LogP contribution in [0, 0.1) is 0 Å². The number of hydrogen-bond acceptors (Lipinski definition) is 5. The molecule has 3 heterocycles. The molecule has 0 saturated carbocycles. The van der Waals surface area contributed by atoms with Crippen molar-refractivity contribution in [3.8, 4) is 0 Å². The first-order valence-corrected chi connectivity index (χ1v) is 9.41. The van der Waals surface area contributed by atoms with Crippen molar-refractivity contribution in [1.29, 1.82) is 0 Å². The number of carbonyl (C=O) groups is 1. The topological polar surface area (TPSA) is 98.8 Å². The van der Waals surface area contributed by atoms with Crippen molar-refractivity contribution in [2.75, 3.05) is 22.1 Å². The summed E-state index contributed by atoms with van der Waals surface area (Å²) >= 11 is 0. The Morgan fingerprint density at radius 2 is 1.93 bits per heavy atom. The number of benzene rings is 2. The van der Waals surface area contributed by atoms with Crippen molar-refractivity contribution in [3.05, 3.63) is 72.2 Å². The quantitative estimate of drug-likeness (QED) is 0.501. The summed E-state index contributed by atoms with van der Waals surface area (Å²) in [5.41, 5.74) is 4.66. The Hall–Kier alpha value is -3.94. The van der Waals surface area contributed by atoms with Crippen molar-refractivity contribution >= 4 is 34.3 Å². The summed E-state index contributed by atoms with van der Waals surface area (Å²) in [4.78, 5) is 23.3. The normalized spacial score (nSPS) is 13.2. The van der Waals surface area contributed by atoms with E-state index >= 15 is 0 Å². The molecule has 1 aliphatic heterocycles. The summed E-state index contributed by atoms with van der Waals surface area (Å²) in [7, 11) is 0. The average molecular weight is 385 g/mol. The van der Waals surface area contributed by atoms with Crippen molar-refractivity contribution in [2.24, 2.45) is 0 Å². The molecule has 0 saturated heterocycles. The molecular formula is C21H19N7O. The molecule has 5 rings (SSSR count). The molecule has 2 amide bonds. The number of amides is 2. The molecule has 144 valence electrons. The van der Waals surface area contributed by atoms with Gasteiger partial charge in [0.1, 0.15) is 12.1 Å². The van der Waals surface area contributed by atoms with E-state index in [4.69, 9.17) is 0 Å². The number of carbonyl (C=O) groups excluding carboxylic acids is 1. The molecule has 0 radical (unpaired) electrons. The van der Waals surface area contributed by atoms with Gasteiger partial charge in [-0.25, -0.2) is 14.8 Å². The van der Waals surface area contributed by atoms with Crippen LogP contribution in [-0.2, 0) is 13.0 Å². The number of nitrogens with zero attached hydrogens (tertiary/aromatic N) is 4. The Labute approximate surface area is 167 Å². The summed E-state index contributed by atoms with van der Waals surface area (Å²) < 4.78 is 0. The third kappa shape index (κ3) is 3.36. The summed E-state index contributed by atoms with van der Waals surface area (Å²) in [5, 5.41) is 13.7. The zero-order chi connectivity index (χ0) is 19.6. The third-order valence-corrected chi connectivity index (χ3v) is 5.07. The molecule has 0 atom stereocenters. The van der Waals surface area contributed by atoms with E-state index in [-0.39, 0.29) is 6.03 Å². The highest BCUT2D eigenvalue weighted by Gasteiger charge is 2.22. The van der Waals surface area contributed by atoms with Gasteiger partial charge < -0.3 is 15.5 Å². The van der Waals surface area contributed by atoms with Crippen LogP contribution in [0.15, 0.2) is 61.1 Å². The largest absolute Gasteiger partial charge is 0.351 e. The maximum atomic E-state index is 12.4. The first kappa shape index (κ1) is 17.2. The number of hydrogen-bond donors (Lipinski definition) is 3. The molecule has 29 heavy (non-hydrogen) atoms. The molecule has 0 bridgehead atoms. The minimum atomic E-state index is -0.247. The zero-order valence-electron chi connectivity index (χ0n) is 15.6. The standard InChI is InChI=1S/C21H19N7O/c29-21(25-15-6-2-1-3-7-15)26-18-8-4-5-14-12-28(10-9-16(14)18)20-17-11-24-27-19(17)22-13-23-20/h1-8,11,13H,9-10,12H2,(H2,25,26,29)(H,22,23,24,27). The Bertz CT molecular complexity index is 1170. The van der Waals surface area contributed by atoms with Crippen LogP contribution in [0.1, 0.15) is 11.1 Å². The van der Waals surface area contributed by atoms with E-state index in [9.17, 15) is 4.79 Å². The number of nitrogens with one attached hydrogen (secondary N) is 3. The molecule has 1 aliphatic rings. The van der Waals surface area contributed by atoms with Crippen LogP contribution in [0.5, 0.6) is 0 Å². The molecule has 0 spiro atoms. The number of aromatic nitrogens is 4. The van der Waals surface area contributed by atoms with Gasteiger partial charge in [0, 0.05) is 24.5 Å². The van der Waals surface area contributed by atoms with E-state index in [0.717, 1.165) is 46.8 Å². The first-order chi connectivity index (χ1) is 14.3. The van der Waals surface area contributed by atoms with Gasteiger partial charge in [-0.15, -0.1) is 0 Å². The fourth-order valence-corrected chi connectivity index (χ4v) is 3.72. The van der Waals surface area contributed by atoms with Crippen LogP contribution in [0.2, 0.25) is 0 Å². The minimum Gasteiger partial charge on any atom is -0.351 e. The van der Waals surface area contributed by atoms with Crippen LogP contribution in [0.25, 0.3) is 11.0 Å². The van der Waals surface area contributed by atoms with E-state index in [1.54, 1.807) is 12.5 Å². The predicted molar refractivity (Wildman–Crippen MR) is 112 cm³/mol. The number of aromatic amines is 1. The maximum absolute atomic E-state index is 12.4. The molecule has 8 nitrogen and oxygen atoms in total. The Morgan fingerprint density at radius 1 is 1.03 bits per heavy atom. The molecular weight excluding hydrogens is 366 g/mol. The average Bonchev–Trinajstić information content (AvgIpc) is 3.23. The minimum absolute atomic E-state index is 0.247. The monoisotopic (exact) mass is 385 g/mol. The lowest BCUT2D eigenvalue weighted by Crippen LogP contribution is -2.32. The third-order valence-electron chi connectivity index (χ3n) is 5.07. The van der Waals surface area contributed by atoms with E-state index < -0.39 is 0 Å². The first-order valence-electron chi connectivity index (χ1n) is 9.41. The number of urea groups is 1. The highest BCUT2D eigenvalue weighted by Crippen LogP contribution is 2.30. The van der Waals surface area contributed by atoms with Gasteiger partial charge in [0.15, 0.2) is 5.65 Å². The van der Waals surface area contributed by atoms with Crippen LogP contribution < -0.4 is 15.5 Å². The van der Waals surface area contributed by atoms with E-state index in [1.165, 1.54) is 5.56 Å². The van der Waals surface area contributed by atoms with Gasteiger partial charge in [-0.2, -0.15) is 5.10 Å². The molecule has 0 aliphatic carbocycles. The highest BCUT2D eigenvalue weighted by molar-refractivity contribution is 6.00. The van der Waals surface area contributed by atoms with Gasteiger partial charge in [-0.1, -0.05) is 30.3 Å². The molecule has 4 aromatic rings. The van der Waals surface area contributed by atoms with Gasteiger partial charge in [-0.3, -0.25) is 5.10 Å². The summed E-state index contributed by atoms with van der Waals surface area (Å²) in [6.07, 6.45) is 4.11. The van der Waals surface area contributed by atoms with Gasteiger partial charge in [-0.05, 0) is 35.7 Å². The summed E-state index contributed by atoms with van der Waals surface area (Å²) in [5.74, 6) is 0.870. The zero-order valence-corrected chi connectivity index (χ0v) is 15.6. The van der Waals surface area contributed by atoms with Crippen LogP contribution in [0.3, 0.4) is 0 Å². The smallest absolute Gasteiger partial charge is 0.323 e. The number of anilines is 3. The second-order valence-electron chi connectivity index (χ2n) is 6.89. The van der Waals surface area contributed by atoms with Gasteiger partial charge >= 0.3 is 6.03 Å². The van der Waals surface area contributed by atoms with Crippen LogP contribution in [0.4, 0.5) is 22.0 Å². The lowest BCUT2D eigenvalue weighted by atomic mass is 9.97. The van der Waals surface area contributed by atoms with Gasteiger partial charge in [0.05, 0.1) is 11.6 Å². The Balaban J connectivity index is 1.36. The number of para-hydroxylation sites is 1. The van der Waals surface area contributed by atoms with E-state index in [0.29, 0.717) is 6.54 Å². The number of fused-ring (bicyclic) bond motifs is 2. The Morgan fingerprint density at radius 3 is 2.83 bits per heavy atom. The maximum Gasteiger partial charge on any atom is 0.323 e. The molecule has 2 aromatic carbocycles. The van der Waals surface area contributed by atoms with E-state index in [1.807, 2.05) is 42.5 Å². The fourth-order valence-electron chi connectivity index (χ4n) is 3.72. The number of H-pyrrole nitrogens is 1. The van der Waals surface area contributed by atoms with Crippen LogP contribution >= 0.6 is 0 Å². The van der Waals surface area contributed by atoms with Gasteiger partial charge in [0.2, 0.25) is 0 Å². The lowest BCUT2D eigenvalue weighted by Gasteiger charge is -2.31. The van der Waals surface area contributed by atoms with E-state index in [2.05, 4.69) is 41.8 Å². The SMILES string of the molecule is O=C(Nc1ccccc1)Nc1cccc2c1CCN(c1ncnc3[nH]ncc13)C2.